The van der Waals surface area contributed by atoms with Crippen molar-refractivity contribution in [2.45, 2.75) is 20.3 Å². The SMILES string of the molecule is CC(C)COC(=O)N1CCCN(CC(=O)Nc2cc3c(cc2Cl)OCCO3)CC1. The van der Waals surface area contributed by atoms with Crippen LogP contribution in [-0.2, 0) is 9.53 Å². The number of fused-ring (bicyclic) bond motifs is 1. The number of nitrogens with one attached hydrogen (secondary N) is 1. The first-order chi connectivity index (χ1) is 13.9. The number of hydrogen-bond donors (Lipinski definition) is 1. The maximum absolute atomic E-state index is 12.5. The number of halogens is 1. The number of carbonyl (C=O) groups is 2. The monoisotopic (exact) mass is 425 g/mol. The number of nitrogens with zero attached hydrogens (tertiary/aromatic N) is 2. The summed E-state index contributed by atoms with van der Waals surface area (Å²) in [6.07, 6.45) is 0.502. The Morgan fingerprint density at radius 1 is 1.14 bits per heavy atom. The third kappa shape index (κ3) is 6.14. The van der Waals surface area contributed by atoms with Crippen LogP contribution in [-0.4, -0.2) is 74.3 Å². The van der Waals surface area contributed by atoms with Crippen molar-refractivity contribution in [2.24, 2.45) is 5.92 Å². The van der Waals surface area contributed by atoms with Gasteiger partial charge in [0.15, 0.2) is 11.5 Å². The van der Waals surface area contributed by atoms with Crippen LogP contribution in [0.4, 0.5) is 10.5 Å². The molecule has 2 aliphatic rings. The maximum Gasteiger partial charge on any atom is 0.409 e. The Morgan fingerprint density at radius 3 is 2.59 bits per heavy atom. The summed E-state index contributed by atoms with van der Waals surface area (Å²) in [7, 11) is 0. The Bertz CT molecular complexity index is 743. The van der Waals surface area contributed by atoms with E-state index in [1.807, 2.05) is 18.7 Å². The highest BCUT2D eigenvalue weighted by Gasteiger charge is 2.22. The minimum Gasteiger partial charge on any atom is -0.486 e. The number of hydrogen-bond acceptors (Lipinski definition) is 6. The largest absolute Gasteiger partial charge is 0.486 e. The Hall–Kier alpha value is -2.19. The van der Waals surface area contributed by atoms with E-state index >= 15 is 0 Å². The van der Waals surface area contributed by atoms with E-state index in [9.17, 15) is 9.59 Å². The van der Waals surface area contributed by atoms with Crippen LogP contribution in [0.3, 0.4) is 0 Å². The standard InChI is InChI=1S/C20H28ClN3O5/c1-14(2)13-29-20(26)24-5-3-4-23(6-7-24)12-19(25)22-16-11-18-17(10-15(16)21)27-8-9-28-18/h10-11,14H,3-9,12-13H2,1-2H3,(H,22,25). The van der Waals surface area contributed by atoms with E-state index in [4.69, 9.17) is 25.8 Å². The number of amides is 2. The first kappa shape index (κ1) is 21.5. The zero-order chi connectivity index (χ0) is 20.8. The molecule has 1 aromatic rings. The molecular weight excluding hydrogens is 398 g/mol. The predicted molar refractivity (Wildman–Crippen MR) is 110 cm³/mol. The van der Waals surface area contributed by atoms with Gasteiger partial charge in [-0.2, -0.15) is 0 Å². The van der Waals surface area contributed by atoms with Gasteiger partial charge in [-0.3, -0.25) is 9.69 Å². The molecule has 0 spiro atoms. The van der Waals surface area contributed by atoms with Crippen LogP contribution in [0.25, 0.3) is 0 Å². The van der Waals surface area contributed by atoms with Crippen molar-refractivity contribution in [3.63, 3.8) is 0 Å². The fourth-order valence-corrected chi connectivity index (χ4v) is 3.39. The van der Waals surface area contributed by atoms with Gasteiger partial charge in [0.1, 0.15) is 13.2 Å². The van der Waals surface area contributed by atoms with Gasteiger partial charge in [-0.15, -0.1) is 0 Å². The number of anilines is 1. The highest BCUT2D eigenvalue weighted by molar-refractivity contribution is 6.34. The lowest BCUT2D eigenvalue weighted by Gasteiger charge is -2.22. The van der Waals surface area contributed by atoms with Crippen molar-refractivity contribution in [3.05, 3.63) is 17.2 Å². The molecule has 3 rings (SSSR count). The van der Waals surface area contributed by atoms with Gasteiger partial charge < -0.3 is 24.4 Å². The molecule has 0 saturated carbocycles. The molecule has 1 fully saturated rings. The van der Waals surface area contributed by atoms with Gasteiger partial charge in [-0.1, -0.05) is 25.4 Å². The first-order valence-electron chi connectivity index (χ1n) is 9.95. The van der Waals surface area contributed by atoms with Gasteiger partial charge >= 0.3 is 6.09 Å². The van der Waals surface area contributed by atoms with Gasteiger partial charge in [-0.25, -0.2) is 4.79 Å². The second-order valence-electron chi connectivity index (χ2n) is 7.61. The summed E-state index contributed by atoms with van der Waals surface area (Å²) in [6, 6.07) is 3.34. The number of ether oxygens (including phenoxy) is 3. The van der Waals surface area contributed by atoms with Crippen molar-refractivity contribution < 1.29 is 23.8 Å². The molecule has 0 unspecified atom stereocenters. The van der Waals surface area contributed by atoms with Crippen LogP contribution in [0.5, 0.6) is 11.5 Å². The molecule has 0 aliphatic carbocycles. The fraction of sp³-hybridized carbons (Fsp3) is 0.600. The van der Waals surface area contributed by atoms with Crippen LogP contribution < -0.4 is 14.8 Å². The minimum atomic E-state index is -0.284. The van der Waals surface area contributed by atoms with Crippen molar-refractivity contribution >= 4 is 29.3 Å². The smallest absolute Gasteiger partial charge is 0.409 e. The quantitative estimate of drug-likeness (QED) is 0.781. The lowest BCUT2D eigenvalue weighted by Crippen LogP contribution is -2.38. The summed E-state index contributed by atoms with van der Waals surface area (Å²) in [4.78, 5) is 28.4. The van der Waals surface area contributed by atoms with Crippen molar-refractivity contribution in [2.75, 3.05) is 57.9 Å². The predicted octanol–water partition coefficient (Wildman–Crippen LogP) is 2.85. The molecule has 1 N–H and O–H groups in total. The van der Waals surface area contributed by atoms with Crippen LogP contribution in [0, 0.1) is 5.92 Å². The van der Waals surface area contributed by atoms with Crippen LogP contribution in [0.15, 0.2) is 12.1 Å². The molecule has 29 heavy (non-hydrogen) atoms. The molecule has 160 valence electrons. The van der Waals surface area contributed by atoms with Crippen LogP contribution in [0.1, 0.15) is 20.3 Å². The first-order valence-corrected chi connectivity index (χ1v) is 10.3. The van der Waals surface area contributed by atoms with Gasteiger partial charge in [0.05, 0.1) is 23.9 Å². The minimum absolute atomic E-state index is 0.167. The van der Waals surface area contributed by atoms with Gasteiger partial charge in [0.2, 0.25) is 5.91 Å². The average Bonchev–Trinajstić information content (AvgIpc) is 2.92. The van der Waals surface area contributed by atoms with E-state index < -0.39 is 0 Å². The summed E-state index contributed by atoms with van der Waals surface area (Å²) in [5.74, 6) is 1.29. The third-order valence-corrected chi connectivity index (χ3v) is 4.97. The number of rotatable bonds is 5. The maximum atomic E-state index is 12.5. The molecule has 9 heteroatoms. The molecule has 0 atom stereocenters. The molecule has 2 aliphatic heterocycles. The average molecular weight is 426 g/mol. The molecule has 0 radical (unpaired) electrons. The van der Waals surface area contributed by atoms with Crippen molar-refractivity contribution in [1.29, 1.82) is 0 Å². The Kier molecular flexibility index (Phi) is 7.44. The van der Waals surface area contributed by atoms with Gasteiger partial charge in [0, 0.05) is 38.3 Å². The topological polar surface area (TPSA) is 80.3 Å². The second-order valence-corrected chi connectivity index (χ2v) is 8.02. The number of carbonyl (C=O) groups excluding carboxylic acids is 2. The zero-order valence-electron chi connectivity index (χ0n) is 16.9. The highest BCUT2D eigenvalue weighted by Crippen LogP contribution is 2.37. The molecule has 8 nitrogen and oxygen atoms in total. The van der Waals surface area contributed by atoms with E-state index in [0.717, 1.165) is 13.0 Å². The van der Waals surface area contributed by atoms with E-state index in [-0.39, 0.29) is 18.5 Å². The summed E-state index contributed by atoms with van der Waals surface area (Å²) >= 11 is 6.26. The van der Waals surface area contributed by atoms with E-state index in [1.165, 1.54) is 0 Å². The zero-order valence-corrected chi connectivity index (χ0v) is 17.7. The van der Waals surface area contributed by atoms with E-state index in [0.29, 0.717) is 67.6 Å². The van der Waals surface area contributed by atoms with Gasteiger partial charge in [-0.05, 0) is 12.3 Å². The Labute approximate surface area is 176 Å². The lowest BCUT2D eigenvalue weighted by molar-refractivity contribution is -0.117. The molecular formula is C20H28ClN3O5. The molecule has 0 bridgehead atoms. The summed E-state index contributed by atoms with van der Waals surface area (Å²) < 4.78 is 16.3. The van der Waals surface area contributed by atoms with E-state index in [1.54, 1.807) is 17.0 Å². The van der Waals surface area contributed by atoms with Crippen molar-refractivity contribution in [1.82, 2.24) is 9.80 Å². The molecule has 0 aromatic heterocycles. The summed E-state index contributed by atoms with van der Waals surface area (Å²) in [5.41, 5.74) is 0.495. The molecule has 1 aromatic carbocycles. The number of benzene rings is 1. The van der Waals surface area contributed by atoms with Crippen LogP contribution >= 0.6 is 11.6 Å². The second kappa shape index (κ2) is 10.0. The Balaban J connectivity index is 1.50. The van der Waals surface area contributed by atoms with E-state index in [2.05, 4.69) is 5.32 Å². The lowest BCUT2D eigenvalue weighted by atomic mass is 10.2. The summed E-state index contributed by atoms with van der Waals surface area (Å²) in [5, 5.41) is 3.24. The molecule has 1 saturated heterocycles. The summed E-state index contributed by atoms with van der Waals surface area (Å²) in [6.45, 7) is 8.09. The molecule has 2 amide bonds. The van der Waals surface area contributed by atoms with Crippen molar-refractivity contribution in [3.8, 4) is 11.5 Å². The normalized spacial score (nSPS) is 17.0. The fourth-order valence-electron chi connectivity index (χ4n) is 3.19. The molecule has 2 heterocycles. The highest BCUT2D eigenvalue weighted by atomic mass is 35.5. The third-order valence-electron chi connectivity index (χ3n) is 4.66. The van der Waals surface area contributed by atoms with Gasteiger partial charge in [0.25, 0.3) is 0 Å². The Morgan fingerprint density at radius 2 is 1.86 bits per heavy atom. The van der Waals surface area contributed by atoms with Crippen LogP contribution in [0.2, 0.25) is 5.02 Å².